The molecule has 0 spiro atoms. The molecule has 3 amide bonds. The van der Waals surface area contributed by atoms with Crippen LogP contribution in [0.5, 0.6) is 0 Å². The minimum Gasteiger partial charge on any atom is -0.480 e. The molecule has 0 saturated carbocycles. The average molecular weight is 346 g/mol. The number of imide groups is 1. The second kappa shape index (κ2) is 9.21. The summed E-state index contributed by atoms with van der Waals surface area (Å²) in [5.74, 6) is -1.86. The van der Waals surface area contributed by atoms with Gasteiger partial charge in [-0.15, -0.1) is 0 Å². The van der Waals surface area contributed by atoms with Crippen molar-refractivity contribution < 1.29 is 34.2 Å². The van der Waals surface area contributed by atoms with Gasteiger partial charge in [0.25, 0.3) is 11.8 Å². The maximum Gasteiger partial charge on any atom is 0.408 e. The van der Waals surface area contributed by atoms with E-state index in [1.165, 1.54) is 0 Å². The molecule has 1 saturated heterocycles. The molecule has 138 valence electrons. The summed E-state index contributed by atoms with van der Waals surface area (Å²) in [5.41, 5.74) is -0.620. The van der Waals surface area contributed by atoms with Crippen LogP contribution in [0.25, 0.3) is 0 Å². The van der Waals surface area contributed by atoms with Gasteiger partial charge in [0.15, 0.2) is 0 Å². The van der Waals surface area contributed by atoms with Crippen molar-refractivity contribution in [3.8, 4) is 0 Å². The van der Waals surface area contributed by atoms with Gasteiger partial charge in [-0.3, -0.25) is 14.8 Å². The number of carboxylic acids is 1. The number of ether oxygens (including phenoxy) is 1. The number of nitrogens with one attached hydrogen (secondary N) is 1. The molecule has 9 heteroatoms. The number of rotatable bonds is 4. The molecule has 3 N–H and O–H groups in total. The van der Waals surface area contributed by atoms with Crippen LogP contribution in [0.2, 0.25) is 0 Å². The SMILES string of the molecule is CC(C)C[C@H](NC(=O)OC(C)(C)C)C(=O)O.O=C1CCC(=O)N1O. The molecule has 0 radical (unpaired) electrons. The molecule has 1 aliphatic rings. The number of carbonyl (C=O) groups is 4. The molecule has 1 rings (SSSR count). The Morgan fingerprint density at radius 1 is 1.21 bits per heavy atom. The minimum atomic E-state index is -1.04. The summed E-state index contributed by atoms with van der Waals surface area (Å²) in [6.45, 7) is 8.97. The Labute approximate surface area is 140 Å². The number of hydrogen-bond acceptors (Lipinski definition) is 6. The van der Waals surface area contributed by atoms with Crippen LogP contribution in [0.4, 0.5) is 4.79 Å². The Morgan fingerprint density at radius 3 is 1.92 bits per heavy atom. The van der Waals surface area contributed by atoms with E-state index >= 15 is 0 Å². The average Bonchev–Trinajstić information content (AvgIpc) is 2.67. The summed E-state index contributed by atoms with van der Waals surface area (Å²) in [7, 11) is 0. The maximum atomic E-state index is 11.4. The molecule has 1 fully saturated rings. The number of hydrogen-bond donors (Lipinski definition) is 3. The first kappa shape index (κ1) is 21.8. The highest BCUT2D eigenvalue weighted by atomic mass is 16.6. The Morgan fingerprint density at radius 2 is 1.67 bits per heavy atom. The highest BCUT2D eigenvalue weighted by Crippen LogP contribution is 2.09. The highest BCUT2D eigenvalue weighted by Gasteiger charge is 2.27. The molecule has 0 aromatic rings. The van der Waals surface area contributed by atoms with E-state index in [0.717, 1.165) is 0 Å². The van der Waals surface area contributed by atoms with Gasteiger partial charge in [-0.25, -0.2) is 9.59 Å². The first-order valence-electron chi connectivity index (χ1n) is 7.60. The fourth-order valence-electron chi connectivity index (χ4n) is 1.71. The molecule has 0 aliphatic carbocycles. The predicted octanol–water partition coefficient (Wildman–Crippen LogP) is 1.53. The number of alkyl carbamates (subject to hydrolysis) is 1. The van der Waals surface area contributed by atoms with Crippen LogP contribution < -0.4 is 5.32 Å². The van der Waals surface area contributed by atoms with E-state index < -0.39 is 35.5 Å². The zero-order chi connectivity index (χ0) is 19.1. The van der Waals surface area contributed by atoms with E-state index in [2.05, 4.69) is 5.32 Å². The Hall–Kier alpha value is -2.16. The van der Waals surface area contributed by atoms with Crippen LogP contribution in [0.1, 0.15) is 53.9 Å². The first-order valence-corrected chi connectivity index (χ1v) is 7.60. The predicted molar refractivity (Wildman–Crippen MR) is 83.1 cm³/mol. The van der Waals surface area contributed by atoms with Gasteiger partial charge in [0.2, 0.25) is 0 Å². The lowest BCUT2D eigenvalue weighted by Crippen LogP contribution is -2.44. The molecule has 0 aromatic heterocycles. The summed E-state index contributed by atoms with van der Waals surface area (Å²) < 4.78 is 4.99. The zero-order valence-corrected chi connectivity index (χ0v) is 14.7. The van der Waals surface area contributed by atoms with Crippen LogP contribution in [0, 0.1) is 5.92 Å². The van der Waals surface area contributed by atoms with Crippen molar-refractivity contribution in [1.29, 1.82) is 0 Å². The molecule has 24 heavy (non-hydrogen) atoms. The Kier molecular flexibility index (Phi) is 8.38. The Balaban J connectivity index is 0.000000546. The third-order valence-electron chi connectivity index (χ3n) is 2.72. The van der Waals surface area contributed by atoms with Crippen LogP contribution in [-0.2, 0) is 19.1 Å². The third-order valence-corrected chi connectivity index (χ3v) is 2.72. The molecule has 1 atom stereocenters. The molecule has 0 unspecified atom stereocenters. The molecule has 1 aliphatic heterocycles. The minimum absolute atomic E-state index is 0.148. The summed E-state index contributed by atoms with van der Waals surface area (Å²) >= 11 is 0. The van der Waals surface area contributed by atoms with Crippen molar-refractivity contribution in [2.24, 2.45) is 5.92 Å². The monoisotopic (exact) mass is 346 g/mol. The molecular weight excluding hydrogens is 320 g/mol. The van der Waals surface area contributed by atoms with E-state index in [0.29, 0.717) is 6.42 Å². The van der Waals surface area contributed by atoms with Crippen molar-refractivity contribution in [3.63, 3.8) is 0 Å². The van der Waals surface area contributed by atoms with Gasteiger partial charge in [0, 0.05) is 12.8 Å². The summed E-state index contributed by atoms with van der Waals surface area (Å²) in [6, 6.07) is -0.894. The van der Waals surface area contributed by atoms with Gasteiger partial charge in [0.05, 0.1) is 0 Å². The fourth-order valence-corrected chi connectivity index (χ4v) is 1.71. The summed E-state index contributed by atoms with van der Waals surface area (Å²) in [5, 5.41) is 19.8. The van der Waals surface area contributed by atoms with Gasteiger partial charge in [-0.1, -0.05) is 13.8 Å². The highest BCUT2D eigenvalue weighted by molar-refractivity contribution is 6.00. The molecule has 9 nitrogen and oxygen atoms in total. The van der Waals surface area contributed by atoms with Gasteiger partial charge < -0.3 is 15.2 Å². The largest absolute Gasteiger partial charge is 0.480 e. The first-order chi connectivity index (χ1) is 10.8. The van der Waals surface area contributed by atoms with Gasteiger partial charge in [-0.05, 0) is 33.1 Å². The van der Waals surface area contributed by atoms with Crippen LogP contribution in [0.3, 0.4) is 0 Å². The quantitative estimate of drug-likeness (QED) is 0.519. The van der Waals surface area contributed by atoms with Gasteiger partial charge >= 0.3 is 12.1 Å². The van der Waals surface area contributed by atoms with E-state index in [1.807, 2.05) is 13.8 Å². The van der Waals surface area contributed by atoms with Crippen LogP contribution in [-0.4, -0.2) is 50.9 Å². The van der Waals surface area contributed by atoms with E-state index in [4.69, 9.17) is 15.1 Å². The fraction of sp³-hybridized carbons (Fsp3) is 0.733. The second-order valence-corrected chi connectivity index (χ2v) is 6.77. The second-order valence-electron chi connectivity index (χ2n) is 6.77. The topological polar surface area (TPSA) is 133 Å². The lowest BCUT2D eigenvalue weighted by atomic mass is 10.0. The third kappa shape index (κ3) is 9.09. The molecule has 0 bridgehead atoms. The van der Waals surface area contributed by atoms with E-state index in [9.17, 15) is 19.2 Å². The standard InChI is InChI=1S/C11H21NO4.C4H5NO3/c1-7(2)6-8(9(13)14)12-10(15)16-11(3,4)5;6-3-1-2-4(7)5(3)8/h7-8H,6H2,1-5H3,(H,12,15)(H,13,14);8H,1-2H2/t8-;/m0./s1. The number of amides is 3. The van der Waals surface area contributed by atoms with E-state index in [1.54, 1.807) is 20.8 Å². The number of carbonyl (C=O) groups excluding carboxylic acids is 3. The maximum absolute atomic E-state index is 11.4. The smallest absolute Gasteiger partial charge is 0.408 e. The molecule has 0 aromatic carbocycles. The van der Waals surface area contributed by atoms with Gasteiger partial charge in [0.1, 0.15) is 11.6 Å². The summed E-state index contributed by atoms with van der Waals surface area (Å²) in [6.07, 6.45) is -0.0141. The number of aliphatic carboxylic acids is 1. The zero-order valence-electron chi connectivity index (χ0n) is 14.7. The number of hydroxylamine groups is 2. The Bertz CT molecular complexity index is 467. The number of nitrogens with zero attached hydrogens (tertiary/aromatic N) is 1. The van der Waals surface area contributed by atoms with Crippen LogP contribution >= 0.6 is 0 Å². The lowest BCUT2D eigenvalue weighted by molar-refractivity contribution is -0.171. The van der Waals surface area contributed by atoms with Crippen molar-refractivity contribution in [2.45, 2.75) is 65.5 Å². The van der Waals surface area contributed by atoms with Crippen molar-refractivity contribution in [2.75, 3.05) is 0 Å². The van der Waals surface area contributed by atoms with Crippen molar-refractivity contribution in [3.05, 3.63) is 0 Å². The molecule has 1 heterocycles. The lowest BCUT2D eigenvalue weighted by Gasteiger charge is -2.22. The van der Waals surface area contributed by atoms with Gasteiger partial charge in [-0.2, -0.15) is 5.06 Å². The van der Waals surface area contributed by atoms with Crippen molar-refractivity contribution >= 4 is 23.9 Å². The normalized spacial score (nSPS) is 15.7. The van der Waals surface area contributed by atoms with E-state index in [-0.39, 0.29) is 23.8 Å². The summed E-state index contributed by atoms with van der Waals surface area (Å²) in [4.78, 5) is 42.7. The van der Waals surface area contributed by atoms with Crippen molar-refractivity contribution in [1.82, 2.24) is 10.4 Å². The number of carboxylic acid groups (broad SMARTS) is 1. The molecular formula is C15H26N2O7. The van der Waals surface area contributed by atoms with Crippen LogP contribution in [0.15, 0.2) is 0 Å².